The molecule has 0 bridgehead atoms. The molecule has 0 radical (unpaired) electrons. The van der Waals surface area contributed by atoms with Gasteiger partial charge in [-0.15, -0.1) is 0 Å². The first-order valence-corrected chi connectivity index (χ1v) is 6.87. The molecule has 0 aliphatic carbocycles. The predicted molar refractivity (Wildman–Crippen MR) is 82.3 cm³/mol. The number of pyridine rings is 1. The Labute approximate surface area is 125 Å². The summed E-state index contributed by atoms with van der Waals surface area (Å²) in [6, 6.07) is 11.5. The number of para-hydroxylation sites is 1. The second kappa shape index (κ2) is 6.24. The van der Waals surface area contributed by atoms with E-state index in [1.807, 2.05) is 43.4 Å². The van der Waals surface area contributed by atoms with E-state index >= 15 is 0 Å². The van der Waals surface area contributed by atoms with E-state index in [0.717, 1.165) is 20.8 Å². The lowest BCUT2D eigenvalue weighted by Gasteiger charge is -2.09. The van der Waals surface area contributed by atoms with Crippen LogP contribution in [0.1, 0.15) is 5.69 Å². The highest BCUT2D eigenvalue weighted by molar-refractivity contribution is 14.1. The number of nitrogens with zero attached hydrogens (tertiary/aromatic N) is 1. The lowest BCUT2D eigenvalue weighted by molar-refractivity contribution is 0.299. The minimum absolute atomic E-state index is 0.356. The van der Waals surface area contributed by atoms with Crippen molar-refractivity contribution in [2.75, 3.05) is 12.4 Å². The van der Waals surface area contributed by atoms with Gasteiger partial charge in [-0.25, -0.2) is 4.98 Å². The van der Waals surface area contributed by atoms with Gasteiger partial charge in [-0.05, 0) is 46.9 Å². The maximum Gasteiger partial charge on any atom is 0.133 e. The van der Waals surface area contributed by atoms with Crippen molar-refractivity contribution in [1.82, 2.24) is 4.98 Å². The fraction of sp³-hybridized carbons (Fsp3) is 0.154. The second-order valence-electron chi connectivity index (χ2n) is 3.59. The molecule has 18 heavy (non-hydrogen) atoms. The van der Waals surface area contributed by atoms with Crippen LogP contribution in [0.25, 0.3) is 0 Å². The summed E-state index contributed by atoms with van der Waals surface area (Å²) in [6.07, 6.45) is 0. The highest BCUT2D eigenvalue weighted by Gasteiger charge is 2.06. The quantitative estimate of drug-likeness (QED) is 0.823. The topological polar surface area (TPSA) is 34.1 Å². The normalized spacial score (nSPS) is 10.2. The molecular weight excluding hydrogens is 363 g/mol. The van der Waals surface area contributed by atoms with E-state index in [4.69, 9.17) is 16.3 Å². The van der Waals surface area contributed by atoms with Crippen LogP contribution in [-0.4, -0.2) is 12.0 Å². The number of nitrogens with one attached hydrogen (secondary N) is 1. The zero-order valence-corrected chi connectivity index (χ0v) is 12.7. The second-order valence-corrected chi connectivity index (χ2v) is 5.16. The van der Waals surface area contributed by atoms with Crippen LogP contribution in [0.4, 0.5) is 5.82 Å². The van der Waals surface area contributed by atoms with Crippen molar-refractivity contribution < 1.29 is 4.74 Å². The zero-order valence-electron chi connectivity index (χ0n) is 9.78. The standard InChI is InChI=1S/C13H12ClIN2O/c1-16-13-7-6-9(14)11(17-13)8-18-12-5-3-2-4-10(12)15/h2-7H,8H2,1H3,(H,16,17). The number of hydrogen-bond donors (Lipinski definition) is 1. The van der Waals surface area contributed by atoms with Crippen LogP contribution in [0.5, 0.6) is 5.75 Å². The Morgan fingerprint density at radius 3 is 2.78 bits per heavy atom. The van der Waals surface area contributed by atoms with E-state index in [-0.39, 0.29) is 0 Å². The molecule has 1 aromatic carbocycles. The van der Waals surface area contributed by atoms with Crippen LogP contribution >= 0.6 is 34.2 Å². The Balaban J connectivity index is 2.13. The van der Waals surface area contributed by atoms with E-state index in [1.165, 1.54) is 0 Å². The molecule has 5 heteroatoms. The highest BCUT2D eigenvalue weighted by Crippen LogP contribution is 2.23. The molecule has 0 aliphatic rings. The Hall–Kier alpha value is -1.01. The van der Waals surface area contributed by atoms with E-state index < -0.39 is 0 Å². The summed E-state index contributed by atoms with van der Waals surface area (Å²) >= 11 is 8.32. The van der Waals surface area contributed by atoms with Gasteiger partial charge in [-0.2, -0.15) is 0 Å². The fourth-order valence-corrected chi connectivity index (χ4v) is 2.14. The van der Waals surface area contributed by atoms with Crippen molar-refractivity contribution in [3.8, 4) is 5.75 Å². The molecule has 0 spiro atoms. The van der Waals surface area contributed by atoms with Crippen LogP contribution in [-0.2, 0) is 6.61 Å². The average Bonchev–Trinajstić information content (AvgIpc) is 2.39. The van der Waals surface area contributed by atoms with Gasteiger partial charge in [0.15, 0.2) is 0 Å². The number of halogens is 2. The lowest BCUT2D eigenvalue weighted by atomic mass is 10.3. The third-order valence-electron chi connectivity index (χ3n) is 2.38. The first-order chi connectivity index (χ1) is 8.70. The fourth-order valence-electron chi connectivity index (χ4n) is 1.43. The van der Waals surface area contributed by atoms with Gasteiger partial charge >= 0.3 is 0 Å². The average molecular weight is 375 g/mol. The molecule has 2 rings (SSSR count). The molecule has 3 nitrogen and oxygen atoms in total. The van der Waals surface area contributed by atoms with E-state index in [1.54, 1.807) is 0 Å². The van der Waals surface area contributed by atoms with Crippen molar-refractivity contribution in [2.24, 2.45) is 0 Å². The van der Waals surface area contributed by atoms with E-state index in [9.17, 15) is 0 Å². The summed E-state index contributed by atoms with van der Waals surface area (Å²) in [5.41, 5.74) is 0.725. The van der Waals surface area contributed by atoms with Crippen LogP contribution in [0.2, 0.25) is 5.02 Å². The Morgan fingerprint density at radius 2 is 2.06 bits per heavy atom. The number of rotatable bonds is 4. The van der Waals surface area contributed by atoms with Gasteiger partial charge in [-0.3, -0.25) is 0 Å². The van der Waals surface area contributed by atoms with Gasteiger partial charge in [-0.1, -0.05) is 23.7 Å². The first kappa shape index (κ1) is 13.4. The zero-order chi connectivity index (χ0) is 13.0. The molecule has 0 unspecified atom stereocenters. The number of benzene rings is 1. The molecule has 0 amide bonds. The van der Waals surface area contributed by atoms with Gasteiger partial charge in [0.2, 0.25) is 0 Å². The van der Waals surface area contributed by atoms with Gasteiger partial charge in [0.1, 0.15) is 18.2 Å². The van der Waals surface area contributed by atoms with Crippen LogP contribution in [0.3, 0.4) is 0 Å². The number of aromatic nitrogens is 1. The molecule has 0 saturated heterocycles. The molecule has 2 aromatic rings. The van der Waals surface area contributed by atoms with Gasteiger partial charge in [0, 0.05) is 7.05 Å². The Kier molecular flexibility index (Phi) is 4.66. The summed E-state index contributed by atoms with van der Waals surface area (Å²) in [7, 11) is 1.82. The molecule has 0 aliphatic heterocycles. The predicted octanol–water partition coefficient (Wildman–Crippen LogP) is 3.96. The third kappa shape index (κ3) is 3.26. The highest BCUT2D eigenvalue weighted by atomic mass is 127. The molecule has 1 heterocycles. The lowest BCUT2D eigenvalue weighted by Crippen LogP contribution is -2.02. The Morgan fingerprint density at radius 1 is 1.28 bits per heavy atom. The Bertz CT molecular complexity index is 548. The summed E-state index contributed by atoms with van der Waals surface area (Å²) in [5.74, 6) is 1.62. The van der Waals surface area contributed by atoms with Crippen LogP contribution < -0.4 is 10.1 Å². The summed E-state index contributed by atoms with van der Waals surface area (Å²) in [5, 5.41) is 3.59. The maximum atomic E-state index is 6.09. The summed E-state index contributed by atoms with van der Waals surface area (Å²) < 4.78 is 6.79. The van der Waals surface area contributed by atoms with Crippen molar-refractivity contribution >= 4 is 40.0 Å². The molecular formula is C13H12ClIN2O. The van der Waals surface area contributed by atoms with Crippen molar-refractivity contribution in [2.45, 2.75) is 6.61 Å². The number of ether oxygens (including phenoxy) is 1. The van der Waals surface area contributed by atoms with Crippen molar-refractivity contribution in [3.05, 3.63) is 50.7 Å². The molecule has 1 aromatic heterocycles. The van der Waals surface area contributed by atoms with E-state index in [0.29, 0.717) is 11.6 Å². The van der Waals surface area contributed by atoms with E-state index in [2.05, 4.69) is 32.9 Å². The minimum atomic E-state index is 0.356. The SMILES string of the molecule is CNc1ccc(Cl)c(COc2ccccc2I)n1. The number of hydrogen-bond acceptors (Lipinski definition) is 3. The smallest absolute Gasteiger partial charge is 0.133 e. The minimum Gasteiger partial charge on any atom is -0.486 e. The van der Waals surface area contributed by atoms with Crippen LogP contribution in [0, 0.1) is 3.57 Å². The molecule has 0 atom stereocenters. The molecule has 0 saturated carbocycles. The summed E-state index contributed by atoms with van der Waals surface area (Å²) in [6.45, 7) is 0.356. The third-order valence-corrected chi connectivity index (χ3v) is 3.61. The molecule has 0 fully saturated rings. The summed E-state index contributed by atoms with van der Waals surface area (Å²) in [4.78, 5) is 4.37. The van der Waals surface area contributed by atoms with Crippen molar-refractivity contribution in [3.63, 3.8) is 0 Å². The van der Waals surface area contributed by atoms with Crippen LogP contribution in [0.15, 0.2) is 36.4 Å². The van der Waals surface area contributed by atoms with Gasteiger partial charge < -0.3 is 10.1 Å². The first-order valence-electron chi connectivity index (χ1n) is 5.41. The largest absolute Gasteiger partial charge is 0.486 e. The van der Waals surface area contributed by atoms with Gasteiger partial charge in [0.25, 0.3) is 0 Å². The molecule has 94 valence electrons. The maximum absolute atomic E-state index is 6.09. The van der Waals surface area contributed by atoms with Crippen molar-refractivity contribution in [1.29, 1.82) is 0 Å². The number of anilines is 1. The van der Waals surface area contributed by atoms with Gasteiger partial charge in [0.05, 0.1) is 14.3 Å². The monoisotopic (exact) mass is 374 g/mol. The molecule has 1 N–H and O–H groups in total.